The van der Waals surface area contributed by atoms with Crippen molar-refractivity contribution in [3.05, 3.63) is 39.5 Å². The van der Waals surface area contributed by atoms with Crippen LogP contribution in [0.1, 0.15) is 19.2 Å². The Morgan fingerprint density at radius 1 is 1.23 bits per heavy atom. The van der Waals surface area contributed by atoms with Crippen molar-refractivity contribution in [2.24, 2.45) is 0 Å². The quantitative estimate of drug-likeness (QED) is 0.695. The van der Waals surface area contributed by atoms with Gasteiger partial charge in [-0.1, -0.05) is 11.6 Å². The number of benzene rings is 1. The van der Waals surface area contributed by atoms with Crippen LogP contribution in [0.5, 0.6) is 0 Å². The number of hydrogen-bond acceptors (Lipinski definition) is 6. The van der Waals surface area contributed by atoms with E-state index in [1.807, 2.05) is 25.1 Å². The number of aromatic nitrogens is 3. The molecule has 1 saturated heterocycles. The van der Waals surface area contributed by atoms with Crippen molar-refractivity contribution < 1.29 is 9.53 Å². The third-order valence-corrected chi connectivity index (χ3v) is 6.68. The highest BCUT2D eigenvalue weighted by molar-refractivity contribution is 7.99. The SMILES string of the molecule is CCOC(=O)N1CCN(CCCn2nc3n(c2=O)-c2ccc(Cl)cc2SCC3)CC1. The topological polar surface area (TPSA) is 72.6 Å². The smallest absolute Gasteiger partial charge is 0.409 e. The summed E-state index contributed by atoms with van der Waals surface area (Å²) in [5, 5.41) is 5.28. The zero-order chi connectivity index (χ0) is 21.1. The number of halogens is 1. The number of carbonyl (C=O) groups excluding carboxylic acids is 1. The fourth-order valence-corrected chi connectivity index (χ4v) is 5.11. The number of nitrogens with zero attached hydrogens (tertiary/aromatic N) is 5. The Balaban J connectivity index is 1.36. The third-order valence-electron chi connectivity index (χ3n) is 5.39. The first kappa shape index (κ1) is 21.3. The lowest BCUT2D eigenvalue weighted by atomic mass is 10.3. The molecule has 8 nitrogen and oxygen atoms in total. The van der Waals surface area contributed by atoms with E-state index in [1.54, 1.807) is 25.9 Å². The second-order valence-corrected chi connectivity index (χ2v) is 8.92. The molecular weight excluding hydrogens is 426 g/mol. The summed E-state index contributed by atoms with van der Waals surface area (Å²) in [7, 11) is 0. The Kier molecular flexibility index (Phi) is 6.70. The van der Waals surface area contributed by atoms with E-state index >= 15 is 0 Å². The number of thioether (sulfide) groups is 1. The van der Waals surface area contributed by atoms with Crippen LogP contribution in [0.2, 0.25) is 5.02 Å². The van der Waals surface area contributed by atoms with Crippen molar-refractivity contribution in [1.29, 1.82) is 0 Å². The number of fused-ring (bicyclic) bond motifs is 3. The van der Waals surface area contributed by atoms with Gasteiger partial charge in [-0.15, -0.1) is 11.8 Å². The lowest BCUT2D eigenvalue weighted by Gasteiger charge is -2.33. The molecule has 1 amide bonds. The molecule has 2 aliphatic rings. The Morgan fingerprint density at radius 3 is 2.80 bits per heavy atom. The fraction of sp³-hybridized carbons (Fsp3) is 0.550. The highest BCUT2D eigenvalue weighted by Crippen LogP contribution is 2.31. The van der Waals surface area contributed by atoms with Crippen LogP contribution in [-0.2, 0) is 17.7 Å². The van der Waals surface area contributed by atoms with Gasteiger partial charge >= 0.3 is 11.8 Å². The molecule has 0 radical (unpaired) electrons. The monoisotopic (exact) mass is 451 g/mol. The number of amides is 1. The van der Waals surface area contributed by atoms with Crippen LogP contribution in [0.3, 0.4) is 0 Å². The van der Waals surface area contributed by atoms with Gasteiger partial charge in [-0.25, -0.2) is 18.8 Å². The lowest BCUT2D eigenvalue weighted by Crippen LogP contribution is -2.49. The van der Waals surface area contributed by atoms with Crippen LogP contribution in [0, 0.1) is 0 Å². The van der Waals surface area contributed by atoms with Crippen LogP contribution < -0.4 is 5.69 Å². The Labute approximate surface area is 184 Å². The minimum atomic E-state index is -0.233. The summed E-state index contributed by atoms with van der Waals surface area (Å²) >= 11 is 7.84. The summed E-state index contributed by atoms with van der Waals surface area (Å²) < 4.78 is 8.37. The molecule has 3 heterocycles. The van der Waals surface area contributed by atoms with Crippen LogP contribution in [-0.4, -0.2) is 75.3 Å². The fourth-order valence-electron chi connectivity index (χ4n) is 3.86. The molecule has 0 atom stereocenters. The van der Waals surface area contributed by atoms with Gasteiger partial charge in [-0.05, 0) is 31.5 Å². The van der Waals surface area contributed by atoms with E-state index in [1.165, 1.54) is 0 Å². The molecule has 0 N–H and O–H groups in total. The summed E-state index contributed by atoms with van der Waals surface area (Å²) in [6.07, 6.45) is 1.34. The minimum absolute atomic E-state index is 0.0943. The first-order valence-electron chi connectivity index (χ1n) is 10.3. The van der Waals surface area contributed by atoms with Crippen molar-refractivity contribution in [3.8, 4) is 5.69 Å². The van der Waals surface area contributed by atoms with E-state index in [4.69, 9.17) is 16.3 Å². The largest absolute Gasteiger partial charge is 0.450 e. The molecule has 2 aromatic rings. The number of ether oxygens (including phenoxy) is 1. The van der Waals surface area contributed by atoms with E-state index in [2.05, 4.69) is 10.00 Å². The highest BCUT2D eigenvalue weighted by atomic mass is 35.5. The molecule has 0 bridgehead atoms. The average molecular weight is 452 g/mol. The maximum atomic E-state index is 13.0. The summed E-state index contributed by atoms with van der Waals surface area (Å²) in [6.45, 7) is 6.65. The predicted molar refractivity (Wildman–Crippen MR) is 117 cm³/mol. The van der Waals surface area contributed by atoms with Gasteiger partial charge in [0.15, 0.2) is 0 Å². The molecule has 1 aromatic carbocycles. The van der Waals surface area contributed by atoms with Crippen LogP contribution in [0.25, 0.3) is 5.69 Å². The number of rotatable bonds is 5. The third kappa shape index (κ3) is 4.53. The number of hydrogen-bond donors (Lipinski definition) is 0. The molecule has 0 aliphatic carbocycles. The second-order valence-electron chi connectivity index (χ2n) is 7.35. The van der Waals surface area contributed by atoms with Gasteiger partial charge in [0.05, 0.1) is 12.3 Å². The van der Waals surface area contributed by atoms with Crippen molar-refractivity contribution in [1.82, 2.24) is 24.1 Å². The molecule has 1 aromatic heterocycles. The number of carbonyl (C=O) groups is 1. The van der Waals surface area contributed by atoms with E-state index in [0.717, 1.165) is 54.6 Å². The summed E-state index contributed by atoms with van der Waals surface area (Å²) in [6, 6.07) is 5.63. The van der Waals surface area contributed by atoms with Crippen molar-refractivity contribution in [2.45, 2.75) is 31.2 Å². The molecule has 0 unspecified atom stereocenters. The molecule has 4 rings (SSSR count). The van der Waals surface area contributed by atoms with Crippen molar-refractivity contribution >= 4 is 29.5 Å². The highest BCUT2D eigenvalue weighted by Gasteiger charge is 2.23. The van der Waals surface area contributed by atoms with Gasteiger partial charge in [0.1, 0.15) is 5.82 Å². The van der Waals surface area contributed by atoms with E-state index in [9.17, 15) is 9.59 Å². The zero-order valence-corrected chi connectivity index (χ0v) is 18.6. The molecule has 30 heavy (non-hydrogen) atoms. The number of piperazine rings is 1. The Bertz CT molecular complexity index is 968. The molecule has 1 fully saturated rings. The zero-order valence-electron chi connectivity index (χ0n) is 17.1. The van der Waals surface area contributed by atoms with Crippen molar-refractivity contribution in [3.63, 3.8) is 0 Å². The second kappa shape index (κ2) is 9.45. The Hall–Kier alpha value is -1.97. The van der Waals surface area contributed by atoms with Gasteiger partial charge in [0.25, 0.3) is 0 Å². The minimum Gasteiger partial charge on any atom is -0.450 e. The van der Waals surface area contributed by atoms with Crippen LogP contribution in [0.4, 0.5) is 4.79 Å². The normalized spacial score (nSPS) is 16.7. The van der Waals surface area contributed by atoms with Crippen molar-refractivity contribution in [2.75, 3.05) is 45.1 Å². The average Bonchev–Trinajstić information content (AvgIpc) is 2.93. The first-order valence-corrected chi connectivity index (χ1v) is 11.7. The van der Waals surface area contributed by atoms with E-state index in [-0.39, 0.29) is 11.8 Å². The van der Waals surface area contributed by atoms with Gasteiger partial charge in [0, 0.05) is 61.4 Å². The molecule has 10 heteroatoms. The van der Waals surface area contributed by atoms with Gasteiger partial charge in [-0.2, -0.15) is 5.10 Å². The summed E-state index contributed by atoms with van der Waals surface area (Å²) in [5.41, 5.74) is 0.770. The van der Waals surface area contributed by atoms with Crippen LogP contribution >= 0.6 is 23.4 Å². The Morgan fingerprint density at radius 2 is 2.03 bits per heavy atom. The van der Waals surface area contributed by atoms with E-state index < -0.39 is 0 Å². The molecular formula is C20H26ClN5O3S. The van der Waals surface area contributed by atoms with E-state index in [0.29, 0.717) is 31.3 Å². The molecule has 162 valence electrons. The van der Waals surface area contributed by atoms with Gasteiger partial charge in [0.2, 0.25) is 0 Å². The summed E-state index contributed by atoms with van der Waals surface area (Å²) in [4.78, 5) is 29.9. The maximum Gasteiger partial charge on any atom is 0.409 e. The van der Waals surface area contributed by atoms with Gasteiger partial charge < -0.3 is 9.64 Å². The molecule has 2 aliphatic heterocycles. The summed E-state index contributed by atoms with van der Waals surface area (Å²) in [5.74, 6) is 1.67. The molecule has 0 saturated carbocycles. The first-order chi connectivity index (χ1) is 14.6. The lowest BCUT2D eigenvalue weighted by molar-refractivity contribution is 0.0790. The van der Waals surface area contributed by atoms with Gasteiger partial charge in [-0.3, -0.25) is 4.90 Å². The number of aryl methyl sites for hydroxylation is 2. The maximum absolute atomic E-state index is 13.0. The molecule has 0 spiro atoms. The predicted octanol–water partition coefficient (Wildman–Crippen LogP) is 2.50. The van der Waals surface area contributed by atoms with Crippen LogP contribution in [0.15, 0.2) is 27.9 Å². The standard InChI is InChI=1S/C20H26ClN5O3S/c1-2-29-20(28)24-11-9-23(10-12-24)7-3-8-25-19(27)26-16-5-4-15(21)14-17(16)30-13-6-18(26)22-25/h4-5,14H,2-3,6-13H2,1H3.